The molecule has 0 amide bonds. The predicted octanol–water partition coefficient (Wildman–Crippen LogP) is 6.27. The summed E-state index contributed by atoms with van der Waals surface area (Å²) in [5.41, 5.74) is 0.733. The maximum atomic E-state index is 14.5. The van der Waals surface area contributed by atoms with Crippen molar-refractivity contribution in [3.8, 4) is 28.7 Å². The van der Waals surface area contributed by atoms with E-state index in [-0.39, 0.29) is 40.1 Å². The first-order valence-electron chi connectivity index (χ1n) is 14.6. The fourth-order valence-corrected chi connectivity index (χ4v) is 5.44. The molecule has 0 aliphatic carbocycles. The summed E-state index contributed by atoms with van der Waals surface area (Å²) in [4.78, 5) is 28.1. The SMILES string of the molecule is COc1ccc(C(=O)Oc2ccc3c(=O)c(Oc4ccc(C)c(C)c4)c(C(F)(F)F)oc3c2C[NH+]2CCC(C)CC2)cc1OC. The van der Waals surface area contributed by atoms with E-state index in [2.05, 4.69) is 6.92 Å². The number of halogens is 3. The smallest absolute Gasteiger partial charge is 0.453 e. The zero-order valence-electron chi connectivity index (χ0n) is 25.7. The number of hydrogen-bond donors (Lipinski definition) is 1. The van der Waals surface area contributed by atoms with Crippen LogP contribution in [-0.4, -0.2) is 33.3 Å². The molecule has 3 aromatic carbocycles. The lowest BCUT2D eigenvalue weighted by Gasteiger charge is -2.28. The van der Waals surface area contributed by atoms with Crippen LogP contribution in [0.2, 0.25) is 0 Å². The number of aryl methyl sites for hydroxylation is 2. The van der Waals surface area contributed by atoms with Crippen molar-refractivity contribution >= 4 is 16.9 Å². The second kappa shape index (κ2) is 12.8. The van der Waals surface area contributed by atoms with Gasteiger partial charge in [0.25, 0.3) is 5.76 Å². The van der Waals surface area contributed by atoms with Crippen molar-refractivity contribution < 1.29 is 46.2 Å². The molecular formula is C34H35F3NO7+. The highest BCUT2D eigenvalue weighted by molar-refractivity contribution is 5.93. The minimum absolute atomic E-state index is 0.00694. The molecule has 5 rings (SSSR count). The number of rotatable bonds is 8. The van der Waals surface area contributed by atoms with Gasteiger partial charge in [-0.15, -0.1) is 0 Å². The van der Waals surface area contributed by atoms with Crippen LogP contribution in [0.25, 0.3) is 11.0 Å². The summed E-state index contributed by atoms with van der Waals surface area (Å²) >= 11 is 0. The number of benzene rings is 3. The molecule has 1 aliphatic heterocycles. The maximum Gasteiger partial charge on any atom is 0.453 e. The zero-order valence-corrected chi connectivity index (χ0v) is 25.7. The van der Waals surface area contributed by atoms with Gasteiger partial charge in [0, 0.05) is 0 Å². The molecule has 1 fully saturated rings. The highest BCUT2D eigenvalue weighted by Crippen LogP contribution is 2.40. The molecule has 1 aliphatic rings. The molecule has 1 saturated heterocycles. The summed E-state index contributed by atoms with van der Waals surface area (Å²) in [6.07, 6.45) is -3.21. The molecule has 0 unspecified atom stereocenters. The molecule has 11 heteroatoms. The summed E-state index contributed by atoms with van der Waals surface area (Å²) in [6, 6.07) is 11.9. The van der Waals surface area contributed by atoms with E-state index in [1.807, 2.05) is 6.92 Å². The van der Waals surface area contributed by atoms with E-state index in [1.165, 1.54) is 44.6 Å². The summed E-state index contributed by atoms with van der Waals surface area (Å²) in [6.45, 7) is 7.48. The molecule has 1 N–H and O–H groups in total. The van der Waals surface area contributed by atoms with E-state index in [1.54, 1.807) is 25.1 Å². The van der Waals surface area contributed by atoms with E-state index < -0.39 is 29.1 Å². The van der Waals surface area contributed by atoms with Crippen LogP contribution in [0.5, 0.6) is 28.7 Å². The van der Waals surface area contributed by atoms with E-state index in [4.69, 9.17) is 23.4 Å². The highest BCUT2D eigenvalue weighted by Gasteiger charge is 2.41. The fraction of sp³-hybridized carbons (Fsp3) is 0.353. The third-order valence-corrected chi connectivity index (χ3v) is 8.26. The lowest BCUT2D eigenvalue weighted by molar-refractivity contribution is -0.919. The van der Waals surface area contributed by atoms with Crippen LogP contribution in [0, 0.1) is 19.8 Å². The summed E-state index contributed by atoms with van der Waals surface area (Å²) in [5.74, 6) is -2.01. The third kappa shape index (κ3) is 6.78. The first-order valence-corrected chi connectivity index (χ1v) is 14.6. The van der Waals surface area contributed by atoms with Crippen molar-refractivity contribution in [2.45, 2.75) is 46.3 Å². The number of esters is 1. The number of hydrogen-bond acceptors (Lipinski definition) is 7. The van der Waals surface area contributed by atoms with Gasteiger partial charge in [0.1, 0.15) is 18.0 Å². The van der Waals surface area contributed by atoms with Gasteiger partial charge in [-0.2, -0.15) is 13.2 Å². The van der Waals surface area contributed by atoms with Gasteiger partial charge in [0.05, 0.1) is 43.8 Å². The standard InChI is InChI=1S/C34H34F3NO7/c1-19-12-14-38(15-13-19)18-25-26(44-33(40)22-7-10-27(41-4)28(17-22)42-5)11-9-24-29(39)31(32(34(35,36)37)45-30(24)25)43-23-8-6-20(2)21(3)16-23/h6-11,16-17,19H,12-15,18H2,1-5H3/p+1. The predicted molar refractivity (Wildman–Crippen MR) is 161 cm³/mol. The Labute approximate surface area is 258 Å². The van der Waals surface area contributed by atoms with Crippen molar-refractivity contribution in [3.63, 3.8) is 0 Å². The van der Waals surface area contributed by atoms with Gasteiger partial charge in [-0.3, -0.25) is 4.79 Å². The monoisotopic (exact) mass is 626 g/mol. The number of carbonyl (C=O) groups excluding carboxylic acids is 1. The lowest BCUT2D eigenvalue weighted by atomic mass is 9.98. The van der Waals surface area contributed by atoms with Crippen molar-refractivity contribution in [3.05, 3.63) is 86.8 Å². The van der Waals surface area contributed by atoms with Gasteiger partial charge >= 0.3 is 12.1 Å². The molecule has 0 saturated carbocycles. The Balaban J connectivity index is 1.64. The van der Waals surface area contributed by atoms with Gasteiger partial charge in [0.2, 0.25) is 11.2 Å². The van der Waals surface area contributed by atoms with Crippen LogP contribution < -0.4 is 29.3 Å². The van der Waals surface area contributed by atoms with E-state index in [0.29, 0.717) is 17.4 Å². The molecule has 0 radical (unpaired) electrons. The summed E-state index contributed by atoms with van der Waals surface area (Å²) < 4.78 is 70.8. The molecule has 4 aromatic rings. The molecule has 0 spiro atoms. The Morgan fingerprint density at radius 3 is 2.27 bits per heavy atom. The largest absolute Gasteiger partial charge is 0.493 e. The average molecular weight is 627 g/mol. The number of piperidine rings is 1. The van der Waals surface area contributed by atoms with Crippen molar-refractivity contribution in [1.82, 2.24) is 0 Å². The van der Waals surface area contributed by atoms with Crippen LogP contribution in [0.3, 0.4) is 0 Å². The Morgan fingerprint density at radius 2 is 1.62 bits per heavy atom. The quantitative estimate of drug-likeness (QED) is 0.182. The average Bonchev–Trinajstić information content (AvgIpc) is 3.01. The lowest BCUT2D eigenvalue weighted by Crippen LogP contribution is -3.11. The van der Waals surface area contributed by atoms with Gasteiger partial charge in [0.15, 0.2) is 17.1 Å². The van der Waals surface area contributed by atoms with Crippen LogP contribution in [0.1, 0.15) is 52.6 Å². The number of ether oxygens (including phenoxy) is 4. The number of nitrogens with one attached hydrogen (secondary N) is 1. The molecule has 0 atom stereocenters. The first-order chi connectivity index (χ1) is 21.4. The molecule has 0 bridgehead atoms. The number of fused-ring (bicyclic) bond motifs is 1. The van der Waals surface area contributed by atoms with E-state index in [0.717, 1.165) is 42.0 Å². The minimum atomic E-state index is -5.06. The van der Waals surface area contributed by atoms with Crippen LogP contribution >= 0.6 is 0 Å². The molecule has 45 heavy (non-hydrogen) atoms. The highest BCUT2D eigenvalue weighted by atomic mass is 19.4. The van der Waals surface area contributed by atoms with Gasteiger partial charge in [-0.05, 0) is 86.2 Å². The third-order valence-electron chi connectivity index (χ3n) is 8.26. The number of alkyl halides is 3. The second-order valence-electron chi connectivity index (χ2n) is 11.4. The zero-order chi connectivity index (χ0) is 32.5. The van der Waals surface area contributed by atoms with Crippen molar-refractivity contribution in [2.75, 3.05) is 27.3 Å². The molecule has 238 valence electrons. The second-order valence-corrected chi connectivity index (χ2v) is 11.4. The Kier molecular flexibility index (Phi) is 9.11. The summed E-state index contributed by atoms with van der Waals surface area (Å²) in [5, 5.41) is -0.118. The normalized spacial score (nSPS) is 16.8. The molecule has 8 nitrogen and oxygen atoms in total. The number of methoxy groups -OCH3 is 2. The number of likely N-dealkylation sites (tertiary alicyclic amines) is 1. The summed E-state index contributed by atoms with van der Waals surface area (Å²) in [7, 11) is 2.89. The van der Waals surface area contributed by atoms with Crippen LogP contribution in [-0.2, 0) is 12.7 Å². The first kappa shape index (κ1) is 31.9. The van der Waals surface area contributed by atoms with Gasteiger partial charge in [-0.1, -0.05) is 13.0 Å². The number of quaternary nitrogens is 1. The Morgan fingerprint density at radius 1 is 0.933 bits per heavy atom. The molecular weight excluding hydrogens is 591 g/mol. The van der Waals surface area contributed by atoms with Crippen LogP contribution in [0.15, 0.2) is 57.7 Å². The Hall–Kier alpha value is -4.51. The van der Waals surface area contributed by atoms with Gasteiger partial charge in [-0.25, -0.2) is 4.79 Å². The van der Waals surface area contributed by atoms with Gasteiger partial charge < -0.3 is 28.3 Å². The molecule has 2 heterocycles. The minimum Gasteiger partial charge on any atom is -0.493 e. The fourth-order valence-electron chi connectivity index (χ4n) is 5.44. The Bertz CT molecular complexity index is 1790. The topological polar surface area (TPSA) is 88.6 Å². The van der Waals surface area contributed by atoms with Crippen molar-refractivity contribution in [1.29, 1.82) is 0 Å². The van der Waals surface area contributed by atoms with E-state index >= 15 is 0 Å². The van der Waals surface area contributed by atoms with Crippen molar-refractivity contribution in [2.24, 2.45) is 5.92 Å². The van der Waals surface area contributed by atoms with Crippen LogP contribution in [0.4, 0.5) is 13.2 Å². The van der Waals surface area contributed by atoms with E-state index in [9.17, 15) is 22.8 Å². The maximum absolute atomic E-state index is 14.5. The number of carbonyl (C=O) groups is 1. The molecule has 1 aromatic heterocycles.